The molecule has 0 aliphatic carbocycles. The van der Waals surface area contributed by atoms with Crippen LogP contribution < -0.4 is 10.0 Å². The minimum Gasteiger partial charge on any atom is -0.354 e. The van der Waals surface area contributed by atoms with Crippen LogP contribution in [0.4, 0.5) is 5.69 Å². The summed E-state index contributed by atoms with van der Waals surface area (Å²) >= 11 is 5.86. The van der Waals surface area contributed by atoms with Gasteiger partial charge in [0.25, 0.3) is 0 Å². The fourth-order valence-corrected chi connectivity index (χ4v) is 4.03. The summed E-state index contributed by atoms with van der Waals surface area (Å²) in [6, 6.07) is 13.7. The van der Waals surface area contributed by atoms with Crippen LogP contribution in [0, 0.1) is 6.92 Å². The van der Waals surface area contributed by atoms with Crippen molar-refractivity contribution in [2.75, 3.05) is 11.9 Å². The molecule has 3 rings (SSSR count). The van der Waals surface area contributed by atoms with Gasteiger partial charge in [-0.2, -0.15) is 0 Å². The van der Waals surface area contributed by atoms with Crippen molar-refractivity contribution in [1.82, 2.24) is 9.88 Å². The van der Waals surface area contributed by atoms with Crippen molar-refractivity contribution in [1.29, 1.82) is 0 Å². The molecule has 0 unspecified atom stereocenters. The first kappa shape index (κ1) is 23.7. The molecule has 0 aliphatic heterocycles. The molecule has 0 spiro atoms. The second kappa shape index (κ2) is 10.6. The number of nitrogens with zero attached hydrogens (tertiary/aromatic N) is 1. The number of amides is 1. The third kappa shape index (κ3) is 6.29. The van der Waals surface area contributed by atoms with Gasteiger partial charge in [0.15, 0.2) is 5.76 Å². The van der Waals surface area contributed by atoms with Crippen LogP contribution in [0.1, 0.15) is 35.9 Å². The number of carbonyl (C=O) groups is 1. The molecule has 0 bridgehead atoms. The highest BCUT2D eigenvalue weighted by Crippen LogP contribution is 2.23. The predicted molar refractivity (Wildman–Crippen MR) is 126 cm³/mol. The molecule has 9 heteroatoms. The normalized spacial score (nSPS) is 11.7. The number of aryl methyl sites for hydroxylation is 1. The third-order valence-corrected chi connectivity index (χ3v) is 6.44. The Bertz CT molecular complexity index is 1200. The first-order valence-electron chi connectivity index (χ1n) is 10.1. The summed E-state index contributed by atoms with van der Waals surface area (Å²) in [5.41, 5.74) is 2.87. The zero-order chi connectivity index (χ0) is 23.1. The Labute approximate surface area is 192 Å². The second-order valence-corrected chi connectivity index (χ2v) is 9.29. The van der Waals surface area contributed by atoms with Gasteiger partial charge in [-0.05, 0) is 54.8 Å². The Morgan fingerprint density at radius 1 is 1.09 bits per heavy atom. The highest BCUT2D eigenvalue weighted by atomic mass is 35.5. The molecular weight excluding hydrogens is 450 g/mol. The van der Waals surface area contributed by atoms with E-state index in [1.807, 2.05) is 12.1 Å². The molecule has 3 aromatic rings. The molecule has 1 aromatic heterocycles. The quantitative estimate of drug-likeness (QED) is 0.470. The summed E-state index contributed by atoms with van der Waals surface area (Å²) in [5.74, 6) is 0.286. The van der Waals surface area contributed by atoms with Crippen molar-refractivity contribution < 1.29 is 17.7 Å². The summed E-state index contributed by atoms with van der Waals surface area (Å²) in [6.07, 6.45) is 4.34. The van der Waals surface area contributed by atoms with Crippen molar-refractivity contribution in [3.63, 3.8) is 0 Å². The number of halogens is 1. The molecule has 32 heavy (non-hydrogen) atoms. The lowest BCUT2D eigenvalue weighted by Gasteiger charge is -2.07. The van der Waals surface area contributed by atoms with Crippen molar-refractivity contribution in [2.45, 2.75) is 31.6 Å². The summed E-state index contributed by atoms with van der Waals surface area (Å²) in [5, 5.41) is 7.29. The van der Waals surface area contributed by atoms with E-state index < -0.39 is 10.0 Å². The maximum Gasteiger partial charge on any atom is 0.240 e. The van der Waals surface area contributed by atoms with E-state index >= 15 is 0 Å². The zero-order valence-corrected chi connectivity index (χ0v) is 19.3. The van der Waals surface area contributed by atoms with E-state index in [0.29, 0.717) is 35.0 Å². The number of hydrogen-bond donors (Lipinski definition) is 2. The largest absolute Gasteiger partial charge is 0.354 e. The fourth-order valence-electron chi connectivity index (χ4n) is 2.87. The minimum atomic E-state index is -3.62. The van der Waals surface area contributed by atoms with Crippen LogP contribution in [-0.4, -0.2) is 26.0 Å². The monoisotopic (exact) mass is 473 g/mol. The lowest BCUT2D eigenvalue weighted by molar-refractivity contribution is -0.115. The van der Waals surface area contributed by atoms with Gasteiger partial charge in [0, 0.05) is 18.0 Å². The molecule has 0 saturated heterocycles. The van der Waals surface area contributed by atoms with Crippen LogP contribution in [0.3, 0.4) is 0 Å². The Balaban J connectivity index is 1.63. The number of anilines is 1. The highest BCUT2D eigenvalue weighted by molar-refractivity contribution is 7.89. The molecule has 7 nitrogen and oxygen atoms in total. The van der Waals surface area contributed by atoms with Gasteiger partial charge < -0.3 is 9.84 Å². The van der Waals surface area contributed by atoms with Gasteiger partial charge in [-0.25, -0.2) is 13.1 Å². The third-order valence-electron chi connectivity index (χ3n) is 4.71. The maximum absolute atomic E-state index is 12.5. The summed E-state index contributed by atoms with van der Waals surface area (Å²) in [6.45, 7) is 3.78. The van der Waals surface area contributed by atoms with Crippen molar-refractivity contribution in [2.24, 2.45) is 0 Å². The number of rotatable bonds is 9. The molecule has 2 aromatic carbocycles. The van der Waals surface area contributed by atoms with Crippen molar-refractivity contribution in [3.8, 4) is 0 Å². The van der Waals surface area contributed by atoms with Gasteiger partial charge in [-0.15, -0.1) is 0 Å². The molecule has 0 atom stereocenters. The van der Waals surface area contributed by atoms with E-state index in [2.05, 4.69) is 15.2 Å². The van der Waals surface area contributed by atoms with Gasteiger partial charge in [0.2, 0.25) is 15.9 Å². The van der Waals surface area contributed by atoms with E-state index in [0.717, 1.165) is 11.1 Å². The van der Waals surface area contributed by atoms with Crippen LogP contribution in [-0.2, 0) is 21.2 Å². The molecule has 2 N–H and O–H groups in total. The van der Waals surface area contributed by atoms with E-state index in [4.69, 9.17) is 16.1 Å². The van der Waals surface area contributed by atoms with Crippen LogP contribution in [0.15, 0.2) is 57.9 Å². The van der Waals surface area contributed by atoms with Gasteiger partial charge in [0.1, 0.15) is 11.4 Å². The highest BCUT2D eigenvalue weighted by Gasteiger charge is 2.14. The van der Waals surface area contributed by atoms with E-state index in [1.165, 1.54) is 12.1 Å². The molecular formula is C23H24ClN3O4S. The summed E-state index contributed by atoms with van der Waals surface area (Å²) < 4.78 is 32.9. The number of carbonyl (C=O) groups excluding carboxylic acids is 1. The Kier molecular flexibility index (Phi) is 7.84. The molecule has 0 aliphatic rings. The number of benzene rings is 2. The average Bonchev–Trinajstić information content (AvgIpc) is 3.13. The van der Waals surface area contributed by atoms with E-state index in [1.54, 1.807) is 50.3 Å². The minimum absolute atomic E-state index is 0.135. The van der Waals surface area contributed by atoms with Gasteiger partial charge in [0.05, 0.1) is 4.90 Å². The average molecular weight is 474 g/mol. The number of sulfonamides is 1. The maximum atomic E-state index is 12.5. The van der Waals surface area contributed by atoms with Gasteiger partial charge >= 0.3 is 0 Å². The topological polar surface area (TPSA) is 101 Å². The fraction of sp³-hybridized carbons (Fsp3) is 0.217. The van der Waals surface area contributed by atoms with Crippen LogP contribution >= 0.6 is 11.6 Å². The summed E-state index contributed by atoms with van der Waals surface area (Å²) in [4.78, 5) is 11.9. The number of hydrogen-bond acceptors (Lipinski definition) is 5. The zero-order valence-electron chi connectivity index (χ0n) is 17.8. The Morgan fingerprint density at radius 3 is 2.44 bits per heavy atom. The lowest BCUT2D eigenvalue weighted by Crippen LogP contribution is -2.25. The molecule has 0 saturated carbocycles. The standard InChI is InChI=1S/C23H24ClN3O4S/c1-3-22(28)26-23-16(2)27-31-21(23)13-8-17-6-11-20(12-7-17)32(29,30)25-15-14-18-4-9-19(24)10-5-18/h4-13,25H,3,14-15H2,1-2H3,(H,26,28). The van der Waals surface area contributed by atoms with Crippen LogP contribution in [0.25, 0.3) is 12.2 Å². The number of aromatic nitrogens is 1. The van der Waals surface area contributed by atoms with E-state index in [9.17, 15) is 13.2 Å². The smallest absolute Gasteiger partial charge is 0.240 e. The molecule has 0 fully saturated rings. The van der Waals surface area contributed by atoms with Gasteiger partial charge in [-0.3, -0.25) is 4.79 Å². The first-order chi connectivity index (χ1) is 15.3. The van der Waals surface area contributed by atoms with Crippen molar-refractivity contribution in [3.05, 3.63) is 76.1 Å². The molecule has 1 heterocycles. The Hall–Kier alpha value is -2.94. The number of nitrogens with one attached hydrogen (secondary N) is 2. The molecule has 168 valence electrons. The first-order valence-corrected chi connectivity index (χ1v) is 11.9. The Morgan fingerprint density at radius 2 is 1.78 bits per heavy atom. The molecule has 0 radical (unpaired) electrons. The van der Waals surface area contributed by atoms with Crippen LogP contribution in [0.5, 0.6) is 0 Å². The lowest BCUT2D eigenvalue weighted by atomic mass is 10.2. The van der Waals surface area contributed by atoms with E-state index in [-0.39, 0.29) is 17.3 Å². The molecule has 1 amide bonds. The predicted octanol–water partition coefficient (Wildman–Crippen LogP) is 4.68. The van der Waals surface area contributed by atoms with Crippen LogP contribution in [0.2, 0.25) is 5.02 Å². The summed E-state index contributed by atoms with van der Waals surface area (Å²) in [7, 11) is -3.62. The SMILES string of the molecule is CCC(=O)Nc1c(C)noc1C=Cc1ccc(S(=O)(=O)NCCc2ccc(Cl)cc2)cc1. The van der Waals surface area contributed by atoms with Crippen molar-refractivity contribution >= 4 is 45.4 Å². The second-order valence-electron chi connectivity index (χ2n) is 7.09. The van der Waals surface area contributed by atoms with Gasteiger partial charge in [-0.1, -0.05) is 54.0 Å².